The van der Waals surface area contributed by atoms with Gasteiger partial charge in [0.2, 0.25) is 12.1 Å². The molecule has 0 radical (unpaired) electrons. The topological polar surface area (TPSA) is 129 Å². The zero-order valence-electron chi connectivity index (χ0n) is 38.7. The molecule has 11 nitrogen and oxygen atoms in total. The van der Waals surface area contributed by atoms with Crippen molar-refractivity contribution in [3.8, 4) is 17.2 Å². The molecule has 9 rings (SSSR count). The van der Waals surface area contributed by atoms with Gasteiger partial charge in [0.15, 0.2) is 0 Å². The summed E-state index contributed by atoms with van der Waals surface area (Å²) < 4.78 is 33.5. The number of aliphatic hydroxyl groups excluding tert-OH is 2. The fourth-order valence-electron chi connectivity index (χ4n) is 11.1. The summed E-state index contributed by atoms with van der Waals surface area (Å²) in [6.07, 6.45) is 10.4. The maximum absolute atomic E-state index is 14.9. The van der Waals surface area contributed by atoms with E-state index in [1.54, 1.807) is 11.0 Å². The Morgan fingerprint density at radius 2 is 1.65 bits per heavy atom. The SMILES string of the molecule is C=CCO[C@@]12Oc3ccc(Oc4ccc5ccccc5c4)cc3[C@H]3[C@H](CCCCO)[C@@H](CCCCO)C=C(C(=NOC4CCCCO4)C[C@@H]1N(Cc1cccc4ccccc14)C(=O)OCCCl)[C@H]32. The van der Waals surface area contributed by atoms with E-state index in [0.29, 0.717) is 48.8 Å². The maximum Gasteiger partial charge on any atom is 0.410 e. The minimum atomic E-state index is -1.49. The summed E-state index contributed by atoms with van der Waals surface area (Å²) in [4.78, 5) is 23.0. The van der Waals surface area contributed by atoms with Crippen molar-refractivity contribution in [2.75, 3.05) is 38.9 Å². The number of ether oxygens (including phenoxy) is 5. The van der Waals surface area contributed by atoms with Crippen molar-refractivity contribution in [3.05, 3.63) is 139 Å². The molecule has 1 amide bonds. The molecule has 2 N–H and O–H groups in total. The first kappa shape index (κ1) is 47.6. The molecule has 2 heterocycles. The molecule has 2 aliphatic heterocycles. The Bertz CT molecular complexity index is 2590. The zero-order chi connectivity index (χ0) is 46.9. The minimum Gasteiger partial charge on any atom is -0.459 e. The second-order valence-electron chi connectivity index (χ2n) is 18.4. The van der Waals surface area contributed by atoms with Crippen molar-refractivity contribution in [1.82, 2.24) is 4.90 Å². The normalized spacial score (nSPS) is 24.6. The summed E-state index contributed by atoms with van der Waals surface area (Å²) in [6, 6.07) is 33.8. The molecule has 1 saturated carbocycles. The molecular weight excluding hydrogens is 880 g/mol. The van der Waals surface area contributed by atoms with E-state index >= 15 is 0 Å². The molecule has 7 atom stereocenters. The van der Waals surface area contributed by atoms with Crippen LogP contribution in [0, 0.1) is 17.8 Å². The van der Waals surface area contributed by atoms with E-state index in [9.17, 15) is 15.0 Å². The largest absolute Gasteiger partial charge is 0.459 e. The van der Waals surface area contributed by atoms with Gasteiger partial charge in [0.05, 0.1) is 37.3 Å². The van der Waals surface area contributed by atoms with Crippen LogP contribution in [-0.2, 0) is 25.6 Å². The third-order valence-electron chi connectivity index (χ3n) is 14.2. The predicted molar refractivity (Wildman–Crippen MR) is 265 cm³/mol. The molecule has 2 aliphatic carbocycles. The Morgan fingerprint density at radius 1 is 0.882 bits per heavy atom. The van der Waals surface area contributed by atoms with Gasteiger partial charge in [-0.3, -0.25) is 4.90 Å². The van der Waals surface area contributed by atoms with Crippen LogP contribution in [0.25, 0.3) is 21.5 Å². The van der Waals surface area contributed by atoms with Crippen LogP contribution in [-0.4, -0.2) is 84.0 Å². The third kappa shape index (κ3) is 10.1. The lowest BCUT2D eigenvalue weighted by Gasteiger charge is -2.60. The number of alkyl halides is 1. The number of fused-ring (bicyclic) bond motifs is 4. The Labute approximate surface area is 404 Å². The number of amides is 1. The molecule has 4 aliphatic rings. The third-order valence-corrected chi connectivity index (χ3v) is 14.3. The number of unbranched alkanes of at least 4 members (excludes halogenated alkanes) is 2. The van der Waals surface area contributed by atoms with E-state index in [4.69, 9.17) is 45.3 Å². The average molecular weight is 944 g/mol. The molecule has 0 aromatic heterocycles. The number of hydrogen-bond donors (Lipinski definition) is 2. The number of halogens is 1. The van der Waals surface area contributed by atoms with Gasteiger partial charge >= 0.3 is 6.09 Å². The molecule has 1 unspecified atom stereocenters. The van der Waals surface area contributed by atoms with Crippen LogP contribution in [0.3, 0.4) is 0 Å². The first-order valence-corrected chi connectivity index (χ1v) is 25.0. The Hall–Kier alpha value is -5.43. The fourth-order valence-corrected chi connectivity index (χ4v) is 11.2. The van der Waals surface area contributed by atoms with Crippen LogP contribution in [0.2, 0.25) is 0 Å². The molecular formula is C56H63ClN2O9. The first-order valence-electron chi connectivity index (χ1n) is 24.4. The summed E-state index contributed by atoms with van der Waals surface area (Å²) in [5, 5.41) is 29.4. The van der Waals surface area contributed by atoms with Gasteiger partial charge < -0.3 is 38.7 Å². The van der Waals surface area contributed by atoms with E-state index in [0.717, 1.165) is 76.8 Å². The Kier molecular flexibility index (Phi) is 15.6. The van der Waals surface area contributed by atoms with Gasteiger partial charge in [0.25, 0.3) is 0 Å². The molecule has 358 valence electrons. The fraction of sp³-hybridized carbons (Fsp3) is 0.429. The Balaban J connectivity index is 1.25. The second-order valence-corrected chi connectivity index (χ2v) is 18.7. The second kappa shape index (κ2) is 22.3. The van der Waals surface area contributed by atoms with E-state index in [1.807, 2.05) is 60.7 Å². The highest BCUT2D eigenvalue weighted by Gasteiger charge is 2.66. The zero-order valence-corrected chi connectivity index (χ0v) is 39.4. The van der Waals surface area contributed by atoms with Crippen molar-refractivity contribution in [2.45, 2.75) is 94.8 Å². The lowest BCUT2D eigenvalue weighted by Crippen LogP contribution is -2.70. The highest BCUT2D eigenvalue weighted by atomic mass is 35.5. The standard InChI is InChI=1S/C56H63ClN2O9/c1-2-30-65-56-51(59(55(62)64-32-27-57)37-42-19-13-18-39-15-5-6-20-45(39)42)36-49(58-68-52-22-9-12-31-63-52)47-34-41(17-7-10-28-60)46(21-8-11-29-61)53(54(47)56)48-35-44(25-26-50(48)67-56)66-43-24-23-38-14-3-4-16-40(38)33-43/h2-6,13-16,18-20,23-26,33-35,41,46,51-54,60-61H,1,7-12,17,21-22,27-32,36-37H2/t41-,46+,51-,52?,53+,54+,56+/m0/s1. The van der Waals surface area contributed by atoms with Crippen LogP contribution in [0.15, 0.2) is 133 Å². The average Bonchev–Trinajstić information content (AvgIpc) is 3.37. The lowest BCUT2D eigenvalue weighted by atomic mass is 9.55. The first-order chi connectivity index (χ1) is 33.4. The van der Waals surface area contributed by atoms with Crippen molar-refractivity contribution in [1.29, 1.82) is 0 Å². The number of rotatable bonds is 20. The van der Waals surface area contributed by atoms with Gasteiger partial charge in [-0.25, -0.2) is 4.79 Å². The number of oxime groups is 1. The smallest absolute Gasteiger partial charge is 0.410 e. The lowest BCUT2D eigenvalue weighted by molar-refractivity contribution is -0.256. The summed E-state index contributed by atoms with van der Waals surface area (Å²) in [5.74, 6) is -0.0729. The van der Waals surface area contributed by atoms with Gasteiger partial charge in [-0.05, 0) is 113 Å². The van der Waals surface area contributed by atoms with Crippen molar-refractivity contribution < 1.29 is 43.5 Å². The highest BCUT2D eigenvalue weighted by Crippen LogP contribution is 2.62. The van der Waals surface area contributed by atoms with Crippen LogP contribution in [0.1, 0.15) is 81.3 Å². The summed E-state index contributed by atoms with van der Waals surface area (Å²) >= 11 is 6.21. The van der Waals surface area contributed by atoms with Gasteiger partial charge in [0, 0.05) is 37.5 Å². The van der Waals surface area contributed by atoms with E-state index in [1.165, 1.54) is 0 Å². The predicted octanol–water partition coefficient (Wildman–Crippen LogP) is 11.8. The number of allylic oxidation sites excluding steroid dienone is 1. The summed E-state index contributed by atoms with van der Waals surface area (Å²) in [7, 11) is 0. The number of aliphatic hydroxyl groups is 2. The number of nitrogens with zero attached hydrogens (tertiary/aromatic N) is 2. The molecule has 12 heteroatoms. The molecule has 0 bridgehead atoms. The number of carbonyl (C=O) groups excluding carboxylic acids is 1. The molecule has 0 spiro atoms. The monoisotopic (exact) mass is 942 g/mol. The van der Waals surface area contributed by atoms with Gasteiger partial charge in [-0.2, -0.15) is 0 Å². The number of hydrogen-bond acceptors (Lipinski definition) is 10. The van der Waals surface area contributed by atoms with Crippen LogP contribution in [0.4, 0.5) is 4.79 Å². The maximum atomic E-state index is 14.9. The van der Waals surface area contributed by atoms with E-state index in [-0.39, 0.29) is 63.0 Å². The quantitative estimate of drug-likeness (QED) is 0.0339. The number of carbonyl (C=O) groups is 1. The molecule has 1 saturated heterocycles. The van der Waals surface area contributed by atoms with Crippen LogP contribution < -0.4 is 9.47 Å². The van der Waals surface area contributed by atoms with Gasteiger partial charge in [-0.1, -0.05) is 103 Å². The van der Waals surface area contributed by atoms with Crippen molar-refractivity contribution in [2.24, 2.45) is 22.9 Å². The molecule has 5 aromatic rings. The highest BCUT2D eigenvalue weighted by molar-refractivity contribution is 6.18. The van der Waals surface area contributed by atoms with Crippen molar-refractivity contribution in [3.63, 3.8) is 0 Å². The minimum absolute atomic E-state index is 0.00602. The van der Waals surface area contributed by atoms with Crippen LogP contribution in [0.5, 0.6) is 17.2 Å². The van der Waals surface area contributed by atoms with E-state index < -0.39 is 30.1 Å². The molecule has 2 fully saturated rings. The number of benzene rings is 5. The molecule has 5 aromatic carbocycles. The van der Waals surface area contributed by atoms with Gasteiger partial charge in [0.1, 0.15) is 29.9 Å². The summed E-state index contributed by atoms with van der Waals surface area (Å²) in [5.41, 5.74) is 3.50. The van der Waals surface area contributed by atoms with Crippen molar-refractivity contribution >= 4 is 45.0 Å². The van der Waals surface area contributed by atoms with Crippen LogP contribution >= 0.6 is 11.6 Å². The summed E-state index contributed by atoms with van der Waals surface area (Å²) in [6.45, 7) is 5.17. The Morgan fingerprint density at radius 3 is 2.44 bits per heavy atom. The molecule has 68 heavy (non-hydrogen) atoms. The van der Waals surface area contributed by atoms with E-state index in [2.05, 4.69) is 55.1 Å². The van der Waals surface area contributed by atoms with Gasteiger partial charge in [-0.15, -0.1) is 18.2 Å².